The number of hydrogen-bond donors (Lipinski definition) is 3. The summed E-state index contributed by atoms with van der Waals surface area (Å²) in [5.74, 6) is -1.90. The molecule has 0 saturated carbocycles. The highest BCUT2D eigenvalue weighted by Gasteiger charge is 2.20. The van der Waals surface area contributed by atoms with Gasteiger partial charge in [0.1, 0.15) is 5.69 Å². The van der Waals surface area contributed by atoms with Crippen molar-refractivity contribution in [3.8, 4) is 0 Å². The summed E-state index contributed by atoms with van der Waals surface area (Å²) >= 11 is 0. The molecule has 1 atom stereocenters. The van der Waals surface area contributed by atoms with Crippen molar-refractivity contribution in [3.05, 3.63) is 29.6 Å². The molecule has 3 N–H and O–H groups in total. The minimum Gasteiger partial charge on any atom is -0.480 e. The summed E-state index contributed by atoms with van der Waals surface area (Å²) in [5.41, 5.74) is 0.796. The smallest absolute Gasteiger partial charge is 0.328 e. The molecule has 0 aromatic carbocycles. The molecule has 0 radical (unpaired) electrons. The summed E-state index contributed by atoms with van der Waals surface area (Å²) in [6, 6.07) is 2.05. The van der Waals surface area contributed by atoms with Crippen LogP contribution in [0.3, 0.4) is 0 Å². The number of carbonyl (C=O) groups excluding carboxylic acids is 1. The molecule has 6 nitrogen and oxygen atoms in total. The summed E-state index contributed by atoms with van der Waals surface area (Å²) in [6.07, 6.45) is 1.44. The fourth-order valence-corrected chi connectivity index (χ4v) is 1.14. The second-order valence-corrected chi connectivity index (χ2v) is 3.22. The Labute approximate surface area is 91.9 Å². The number of aliphatic hydroxyl groups is 1. The van der Waals surface area contributed by atoms with Gasteiger partial charge in [-0.25, -0.2) is 4.79 Å². The van der Waals surface area contributed by atoms with Crippen LogP contribution in [0, 0.1) is 6.92 Å². The largest absolute Gasteiger partial charge is 0.480 e. The van der Waals surface area contributed by atoms with Gasteiger partial charge in [-0.05, 0) is 18.6 Å². The molecule has 86 valence electrons. The molecule has 0 saturated heterocycles. The van der Waals surface area contributed by atoms with E-state index in [1.807, 2.05) is 0 Å². The van der Waals surface area contributed by atoms with Gasteiger partial charge in [-0.1, -0.05) is 6.07 Å². The Hall–Kier alpha value is -1.95. The monoisotopic (exact) mass is 224 g/mol. The third-order valence-corrected chi connectivity index (χ3v) is 2.01. The van der Waals surface area contributed by atoms with Gasteiger partial charge in [0, 0.05) is 6.20 Å². The Morgan fingerprint density at radius 2 is 2.25 bits per heavy atom. The fraction of sp³-hybridized carbons (Fsp3) is 0.300. The maximum Gasteiger partial charge on any atom is 0.328 e. The number of aryl methyl sites for hydroxylation is 1. The van der Waals surface area contributed by atoms with Gasteiger partial charge in [-0.3, -0.25) is 9.78 Å². The van der Waals surface area contributed by atoms with Crippen molar-refractivity contribution in [1.82, 2.24) is 10.3 Å². The molecule has 0 unspecified atom stereocenters. The van der Waals surface area contributed by atoms with Crippen molar-refractivity contribution >= 4 is 11.9 Å². The molecule has 1 rings (SSSR count). The van der Waals surface area contributed by atoms with Gasteiger partial charge < -0.3 is 15.5 Å². The normalized spacial score (nSPS) is 11.9. The lowest BCUT2D eigenvalue weighted by molar-refractivity contribution is -0.140. The van der Waals surface area contributed by atoms with Crippen LogP contribution in [-0.4, -0.2) is 39.7 Å². The highest BCUT2D eigenvalue weighted by molar-refractivity contribution is 5.96. The van der Waals surface area contributed by atoms with Crippen LogP contribution in [0.1, 0.15) is 16.1 Å². The lowest BCUT2D eigenvalue weighted by Gasteiger charge is -2.11. The zero-order valence-electron chi connectivity index (χ0n) is 8.67. The molecule has 16 heavy (non-hydrogen) atoms. The average molecular weight is 224 g/mol. The molecular formula is C10H12N2O4. The van der Waals surface area contributed by atoms with Crippen LogP contribution in [0.2, 0.25) is 0 Å². The van der Waals surface area contributed by atoms with Crippen molar-refractivity contribution in [3.63, 3.8) is 0 Å². The van der Waals surface area contributed by atoms with E-state index in [2.05, 4.69) is 10.3 Å². The summed E-state index contributed by atoms with van der Waals surface area (Å²) in [6.45, 7) is 1.03. The highest BCUT2D eigenvalue weighted by Crippen LogP contribution is 2.03. The Balaban J connectivity index is 2.80. The molecule has 1 amide bonds. The molecule has 0 aliphatic rings. The van der Waals surface area contributed by atoms with Crippen molar-refractivity contribution in [1.29, 1.82) is 0 Å². The summed E-state index contributed by atoms with van der Waals surface area (Å²) in [4.78, 5) is 26.0. The van der Waals surface area contributed by atoms with Crippen LogP contribution < -0.4 is 5.32 Å². The second kappa shape index (κ2) is 5.22. The quantitative estimate of drug-likeness (QED) is 0.644. The molecule has 0 fully saturated rings. The van der Waals surface area contributed by atoms with E-state index in [9.17, 15) is 9.59 Å². The Morgan fingerprint density at radius 1 is 1.56 bits per heavy atom. The number of pyridine rings is 1. The van der Waals surface area contributed by atoms with Crippen LogP contribution in [-0.2, 0) is 4.79 Å². The first-order valence-electron chi connectivity index (χ1n) is 4.62. The number of carboxylic acids is 1. The molecule has 1 heterocycles. The summed E-state index contributed by atoms with van der Waals surface area (Å²) < 4.78 is 0. The van der Waals surface area contributed by atoms with E-state index in [0.717, 1.165) is 0 Å². The zero-order chi connectivity index (χ0) is 12.1. The van der Waals surface area contributed by atoms with E-state index in [4.69, 9.17) is 10.2 Å². The average Bonchev–Trinajstić information content (AvgIpc) is 2.25. The van der Waals surface area contributed by atoms with E-state index in [1.54, 1.807) is 19.1 Å². The Kier molecular flexibility index (Phi) is 3.96. The fourth-order valence-electron chi connectivity index (χ4n) is 1.14. The minimum absolute atomic E-state index is 0.155. The van der Waals surface area contributed by atoms with Crippen molar-refractivity contribution in [2.24, 2.45) is 0 Å². The number of aliphatic carboxylic acids is 1. The molecule has 0 aliphatic heterocycles. The van der Waals surface area contributed by atoms with E-state index in [-0.39, 0.29) is 5.69 Å². The second-order valence-electron chi connectivity index (χ2n) is 3.22. The maximum absolute atomic E-state index is 11.6. The number of nitrogens with one attached hydrogen (secondary N) is 1. The first-order chi connectivity index (χ1) is 7.56. The van der Waals surface area contributed by atoms with Crippen molar-refractivity contribution in [2.75, 3.05) is 6.61 Å². The van der Waals surface area contributed by atoms with E-state index in [0.29, 0.717) is 5.56 Å². The summed E-state index contributed by atoms with van der Waals surface area (Å²) in [5, 5.41) is 19.6. The predicted molar refractivity (Wildman–Crippen MR) is 54.9 cm³/mol. The predicted octanol–water partition coefficient (Wildman–Crippen LogP) is -0.435. The molecule has 1 aromatic rings. The van der Waals surface area contributed by atoms with Crippen LogP contribution >= 0.6 is 0 Å². The number of carboxylic acid groups (broad SMARTS) is 1. The van der Waals surface area contributed by atoms with Gasteiger partial charge in [0.05, 0.1) is 6.61 Å². The molecule has 6 heteroatoms. The molecule has 0 bridgehead atoms. The van der Waals surface area contributed by atoms with Gasteiger partial charge in [0.2, 0.25) is 0 Å². The molecule has 1 aromatic heterocycles. The number of hydrogen-bond acceptors (Lipinski definition) is 4. The standard InChI is InChI=1S/C10H12N2O4/c1-6-3-2-4-11-8(6)9(14)12-7(5-13)10(15)16/h2-4,7,13H,5H2,1H3,(H,12,14)(H,15,16)/t7-/m1/s1. The maximum atomic E-state index is 11.6. The van der Waals surface area contributed by atoms with E-state index in [1.165, 1.54) is 6.20 Å². The van der Waals surface area contributed by atoms with Gasteiger partial charge in [-0.15, -0.1) is 0 Å². The van der Waals surface area contributed by atoms with Crippen LogP contribution in [0.5, 0.6) is 0 Å². The van der Waals surface area contributed by atoms with Gasteiger partial charge in [0.15, 0.2) is 6.04 Å². The van der Waals surface area contributed by atoms with Gasteiger partial charge in [-0.2, -0.15) is 0 Å². The molecule has 0 aliphatic carbocycles. The Morgan fingerprint density at radius 3 is 2.75 bits per heavy atom. The molecule has 0 spiro atoms. The Bertz CT molecular complexity index is 406. The lowest BCUT2D eigenvalue weighted by atomic mass is 10.2. The van der Waals surface area contributed by atoms with Crippen molar-refractivity contribution in [2.45, 2.75) is 13.0 Å². The number of amides is 1. The lowest BCUT2D eigenvalue weighted by Crippen LogP contribution is -2.43. The number of aliphatic hydroxyl groups excluding tert-OH is 1. The van der Waals surface area contributed by atoms with Crippen molar-refractivity contribution < 1.29 is 19.8 Å². The van der Waals surface area contributed by atoms with E-state index >= 15 is 0 Å². The van der Waals surface area contributed by atoms with Crippen LogP contribution in [0.25, 0.3) is 0 Å². The minimum atomic E-state index is -1.31. The van der Waals surface area contributed by atoms with Gasteiger partial charge >= 0.3 is 5.97 Å². The third kappa shape index (κ3) is 2.77. The summed E-state index contributed by atoms with van der Waals surface area (Å²) in [7, 11) is 0. The SMILES string of the molecule is Cc1cccnc1C(=O)N[C@H](CO)C(=O)O. The first-order valence-corrected chi connectivity index (χ1v) is 4.62. The number of rotatable bonds is 4. The van der Waals surface area contributed by atoms with Gasteiger partial charge in [0.25, 0.3) is 5.91 Å². The number of aromatic nitrogens is 1. The number of carbonyl (C=O) groups is 2. The van der Waals surface area contributed by atoms with E-state index < -0.39 is 24.5 Å². The third-order valence-electron chi connectivity index (χ3n) is 2.01. The molecular weight excluding hydrogens is 212 g/mol. The zero-order valence-corrected chi connectivity index (χ0v) is 8.67. The van der Waals surface area contributed by atoms with Crippen LogP contribution in [0.15, 0.2) is 18.3 Å². The number of nitrogens with zero attached hydrogens (tertiary/aromatic N) is 1. The van der Waals surface area contributed by atoms with Crippen LogP contribution in [0.4, 0.5) is 0 Å². The highest BCUT2D eigenvalue weighted by atomic mass is 16.4. The topological polar surface area (TPSA) is 99.5 Å². The first kappa shape index (κ1) is 12.1.